The van der Waals surface area contributed by atoms with Crippen molar-refractivity contribution >= 4 is 5.69 Å². The van der Waals surface area contributed by atoms with Gasteiger partial charge in [0.15, 0.2) is 0 Å². The topological polar surface area (TPSA) is 28.2 Å². The lowest BCUT2D eigenvalue weighted by molar-refractivity contribution is 0.621. The van der Waals surface area contributed by atoms with Gasteiger partial charge in [0.1, 0.15) is 5.82 Å². The van der Waals surface area contributed by atoms with Crippen LogP contribution in [0.2, 0.25) is 0 Å². The van der Waals surface area contributed by atoms with E-state index in [4.69, 9.17) is 0 Å². The van der Waals surface area contributed by atoms with Gasteiger partial charge in [-0.2, -0.15) is 0 Å². The number of halogens is 1. The van der Waals surface area contributed by atoms with Gasteiger partial charge in [-0.25, -0.2) is 4.39 Å². The van der Waals surface area contributed by atoms with Gasteiger partial charge >= 0.3 is 0 Å². The molecule has 21 heavy (non-hydrogen) atoms. The molecule has 0 aliphatic rings. The Labute approximate surface area is 125 Å². The highest BCUT2D eigenvalue weighted by Crippen LogP contribution is 2.23. The van der Waals surface area contributed by atoms with Gasteiger partial charge in [0.25, 0.3) is 0 Å². The van der Waals surface area contributed by atoms with Gasteiger partial charge in [-0.05, 0) is 54.9 Å². The summed E-state index contributed by atoms with van der Waals surface area (Å²) in [6.45, 7) is 7.37. The summed E-state index contributed by atoms with van der Waals surface area (Å²) in [5.41, 5.74) is 3.27. The first kappa shape index (κ1) is 15.4. The lowest BCUT2D eigenvalue weighted by atomic mass is 10.1. The molecule has 0 aliphatic carbocycles. The fraction of sp³-hybridized carbons (Fsp3) is 0.353. The van der Waals surface area contributed by atoms with E-state index in [2.05, 4.69) is 22.1 Å². The van der Waals surface area contributed by atoms with Gasteiger partial charge in [-0.15, -0.1) is 0 Å². The average Bonchev–Trinajstić information content (AvgIpc) is 2.52. The van der Waals surface area contributed by atoms with Crippen LogP contribution >= 0.6 is 0 Å². The Hall–Kier alpha value is -1.94. The predicted octanol–water partition coefficient (Wildman–Crippen LogP) is 3.36. The standard InChI is InChI=1S/C17H22FN3/c1-3-19-12-15-11-16(18)5-6-17(15)21(4-2)13-14-7-9-20-10-8-14/h5-11,19H,3-4,12-13H2,1-2H3. The zero-order valence-corrected chi connectivity index (χ0v) is 12.6. The van der Waals surface area contributed by atoms with Crippen LogP contribution in [0.1, 0.15) is 25.0 Å². The first-order valence-corrected chi connectivity index (χ1v) is 7.37. The molecule has 0 saturated carbocycles. The van der Waals surface area contributed by atoms with Gasteiger partial charge in [-0.3, -0.25) is 4.98 Å². The van der Waals surface area contributed by atoms with E-state index in [-0.39, 0.29) is 5.82 Å². The molecule has 0 fully saturated rings. The summed E-state index contributed by atoms with van der Waals surface area (Å²) in [6, 6.07) is 9.03. The molecule has 0 bridgehead atoms. The van der Waals surface area contributed by atoms with E-state index in [1.807, 2.05) is 25.1 Å². The summed E-state index contributed by atoms with van der Waals surface area (Å²) in [6.07, 6.45) is 3.60. The molecule has 3 nitrogen and oxygen atoms in total. The van der Waals surface area contributed by atoms with Crippen LogP contribution in [0.3, 0.4) is 0 Å². The van der Waals surface area contributed by atoms with Crippen molar-refractivity contribution in [2.24, 2.45) is 0 Å². The van der Waals surface area contributed by atoms with Crippen LogP contribution in [-0.4, -0.2) is 18.1 Å². The fourth-order valence-electron chi connectivity index (χ4n) is 2.34. The van der Waals surface area contributed by atoms with Crippen molar-refractivity contribution in [2.45, 2.75) is 26.9 Å². The van der Waals surface area contributed by atoms with Crippen LogP contribution in [0.25, 0.3) is 0 Å². The third-order valence-electron chi connectivity index (χ3n) is 3.45. The Kier molecular flexibility index (Phi) is 5.69. The molecule has 1 aromatic carbocycles. The number of nitrogens with zero attached hydrogens (tertiary/aromatic N) is 2. The number of aromatic nitrogens is 1. The smallest absolute Gasteiger partial charge is 0.123 e. The van der Waals surface area contributed by atoms with E-state index in [1.165, 1.54) is 11.6 Å². The second-order valence-corrected chi connectivity index (χ2v) is 4.92. The van der Waals surface area contributed by atoms with Gasteiger partial charge in [0.05, 0.1) is 0 Å². The number of hydrogen-bond acceptors (Lipinski definition) is 3. The molecule has 112 valence electrons. The second-order valence-electron chi connectivity index (χ2n) is 4.92. The highest BCUT2D eigenvalue weighted by molar-refractivity contribution is 5.54. The van der Waals surface area contributed by atoms with E-state index in [1.54, 1.807) is 18.5 Å². The van der Waals surface area contributed by atoms with Crippen molar-refractivity contribution in [2.75, 3.05) is 18.0 Å². The number of hydrogen-bond donors (Lipinski definition) is 1. The first-order valence-electron chi connectivity index (χ1n) is 7.37. The summed E-state index contributed by atoms with van der Waals surface area (Å²) in [7, 11) is 0. The molecule has 1 N–H and O–H groups in total. The van der Waals surface area contributed by atoms with Crippen molar-refractivity contribution in [1.29, 1.82) is 0 Å². The minimum Gasteiger partial charge on any atom is -0.367 e. The lowest BCUT2D eigenvalue weighted by Gasteiger charge is -2.26. The minimum absolute atomic E-state index is 0.188. The lowest BCUT2D eigenvalue weighted by Crippen LogP contribution is -2.25. The SMILES string of the molecule is CCNCc1cc(F)ccc1N(CC)Cc1ccncc1. The molecule has 2 rings (SSSR count). The quantitative estimate of drug-likeness (QED) is 0.846. The molecule has 0 aliphatic heterocycles. The summed E-state index contributed by atoms with van der Waals surface area (Å²) >= 11 is 0. The normalized spacial score (nSPS) is 10.6. The van der Waals surface area contributed by atoms with E-state index in [0.29, 0.717) is 6.54 Å². The predicted molar refractivity (Wildman–Crippen MR) is 84.7 cm³/mol. The summed E-state index contributed by atoms with van der Waals surface area (Å²) < 4.78 is 13.5. The van der Waals surface area contributed by atoms with Crippen molar-refractivity contribution < 1.29 is 4.39 Å². The first-order chi connectivity index (χ1) is 10.2. The van der Waals surface area contributed by atoms with Crippen molar-refractivity contribution in [1.82, 2.24) is 10.3 Å². The van der Waals surface area contributed by atoms with Gasteiger partial charge in [-0.1, -0.05) is 6.92 Å². The van der Waals surface area contributed by atoms with E-state index >= 15 is 0 Å². The zero-order valence-electron chi connectivity index (χ0n) is 12.6. The molecular weight excluding hydrogens is 265 g/mol. The highest BCUT2D eigenvalue weighted by atomic mass is 19.1. The molecule has 0 spiro atoms. The Balaban J connectivity index is 2.24. The van der Waals surface area contributed by atoms with Crippen LogP contribution in [0.4, 0.5) is 10.1 Å². The van der Waals surface area contributed by atoms with E-state index in [0.717, 1.165) is 30.9 Å². The van der Waals surface area contributed by atoms with Gasteiger partial charge in [0, 0.05) is 37.7 Å². The largest absolute Gasteiger partial charge is 0.367 e. The molecule has 4 heteroatoms. The number of pyridine rings is 1. The number of benzene rings is 1. The Morgan fingerprint density at radius 1 is 1.14 bits per heavy atom. The molecular formula is C17H22FN3. The molecule has 0 radical (unpaired) electrons. The molecule has 0 unspecified atom stereocenters. The minimum atomic E-state index is -0.188. The van der Waals surface area contributed by atoms with Gasteiger partial charge in [0.2, 0.25) is 0 Å². The molecule has 1 heterocycles. The van der Waals surface area contributed by atoms with Crippen molar-refractivity contribution in [3.05, 3.63) is 59.7 Å². The number of nitrogens with one attached hydrogen (secondary N) is 1. The van der Waals surface area contributed by atoms with E-state index < -0.39 is 0 Å². The summed E-state index contributed by atoms with van der Waals surface area (Å²) in [5, 5.41) is 3.27. The summed E-state index contributed by atoms with van der Waals surface area (Å²) in [4.78, 5) is 6.29. The van der Waals surface area contributed by atoms with E-state index in [9.17, 15) is 4.39 Å². The Bertz CT molecular complexity index is 557. The number of rotatable bonds is 7. The van der Waals surface area contributed by atoms with Crippen molar-refractivity contribution in [3.8, 4) is 0 Å². The maximum absolute atomic E-state index is 13.5. The monoisotopic (exact) mass is 287 g/mol. The van der Waals surface area contributed by atoms with Crippen molar-refractivity contribution in [3.63, 3.8) is 0 Å². The maximum Gasteiger partial charge on any atom is 0.123 e. The second kappa shape index (κ2) is 7.74. The van der Waals surface area contributed by atoms with Crippen LogP contribution in [-0.2, 0) is 13.1 Å². The number of anilines is 1. The van der Waals surface area contributed by atoms with Gasteiger partial charge < -0.3 is 10.2 Å². The molecule has 0 saturated heterocycles. The highest BCUT2D eigenvalue weighted by Gasteiger charge is 2.11. The third kappa shape index (κ3) is 4.26. The maximum atomic E-state index is 13.5. The van der Waals surface area contributed by atoms with Crippen LogP contribution in [0.5, 0.6) is 0 Å². The molecule has 0 atom stereocenters. The zero-order chi connectivity index (χ0) is 15.1. The third-order valence-corrected chi connectivity index (χ3v) is 3.45. The fourth-order valence-corrected chi connectivity index (χ4v) is 2.34. The Morgan fingerprint density at radius 3 is 2.57 bits per heavy atom. The van der Waals surface area contributed by atoms with Crippen LogP contribution < -0.4 is 10.2 Å². The Morgan fingerprint density at radius 2 is 1.90 bits per heavy atom. The van der Waals surface area contributed by atoms with Crippen LogP contribution in [0.15, 0.2) is 42.7 Å². The molecule has 2 aromatic rings. The molecule has 1 aromatic heterocycles. The van der Waals surface area contributed by atoms with Crippen LogP contribution in [0, 0.1) is 5.82 Å². The summed E-state index contributed by atoms with van der Waals surface area (Å²) in [5.74, 6) is -0.188. The average molecular weight is 287 g/mol. The molecule has 0 amide bonds.